The molecule has 64 valence electrons. The van der Waals surface area contributed by atoms with Crippen LogP contribution in [0.4, 0.5) is 0 Å². The number of aromatic nitrogens is 1. The number of hydrogen-bond acceptors (Lipinski definition) is 3. The monoisotopic (exact) mass is 165 g/mol. The van der Waals surface area contributed by atoms with E-state index in [1.165, 1.54) is 5.56 Å². The van der Waals surface area contributed by atoms with Gasteiger partial charge in [0.15, 0.2) is 0 Å². The lowest BCUT2D eigenvalue weighted by Gasteiger charge is -2.02. The van der Waals surface area contributed by atoms with Crippen molar-refractivity contribution in [2.75, 3.05) is 7.11 Å². The summed E-state index contributed by atoms with van der Waals surface area (Å²) < 4.78 is 10.4. The number of nitrogens with zero attached hydrogens (tertiary/aromatic N) is 1. The zero-order chi connectivity index (χ0) is 8.55. The van der Waals surface area contributed by atoms with Gasteiger partial charge in [0.25, 0.3) is 0 Å². The first-order valence-corrected chi connectivity index (χ1v) is 4.00. The fourth-order valence-corrected chi connectivity index (χ4v) is 1.37. The standard InChI is InChI=1S/C9H11NO2/c1-6-5-7-3-4-8(11-2)10-9(7)12-6/h3-4,6H,5H2,1-2H3. The smallest absolute Gasteiger partial charge is 0.220 e. The summed E-state index contributed by atoms with van der Waals surface area (Å²) in [6.45, 7) is 2.04. The first kappa shape index (κ1) is 7.40. The summed E-state index contributed by atoms with van der Waals surface area (Å²) in [7, 11) is 1.60. The fraction of sp³-hybridized carbons (Fsp3) is 0.444. The molecule has 0 N–H and O–H groups in total. The molecule has 1 atom stereocenters. The Hall–Kier alpha value is -1.25. The molecule has 1 aromatic rings. The van der Waals surface area contributed by atoms with E-state index in [-0.39, 0.29) is 6.10 Å². The van der Waals surface area contributed by atoms with Crippen molar-refractivity contribution < 1.29 is 9.47 Å². The normalized spacial score (nSPS) is 20.0. The van der Waals surface area contributed by atoms with Gasteiger partial charge < -0.3 is 9.47 Å². The number of methoxy groups -OCH3 is 1. The van der Waals surface area contributed by atoms with Gasteiger partial charge in [-0.15, -0.1) is 0 Å². The second kappa shape index (κ2) is 2.66. The molecule has 0 saturated carbocycles. The summed E-state index contributed by atoms with van der Waals surface area (Å²) in [4.78, 5) is 4.18. The minimum absolute atomic E-state index is 0.250. The van der Waals surface area contributed by atoms with Crippen LogP contribution < -0.4 is 9.47 Å². The minimum atomic E-state index is 0.250. The van der Waals surface area contributed by atoms with Gasteiger partial charge in [-0.25, -0.2) is 0 Å². The van der Waals surface area contributed by atoms with Crippen LogP contribution in [0.15, 0.2) is 12.1 Å². The van der Waals surface area contributed by atoms with Gasteiger partial charge in [-0.3, -0.25) is 0 Å². The Kier molecular flexibility index (Phi) is 1.64. The van der Waals surface area contributed by atoms with E-state index in [2.05, 4.69) is 4.98 Å². The predicted octanol–water partition coefficient (Wildman–Crippen LogP) is 1.41. The van der Waals surface area contributed by atoms with Crippen LogP contribution in [0.1, 0.15) is 12.5 Å². The molecule has 3 nitrogen and oxygen atoms in total. The van der Waals surface area contributed by atoms with Crippen molar-refractivity contribution in [3.05, 3.63) is 17.7 Å². The molecular weight excluding hydrogens is 154 g/mol. The van der Waals surface area contributed by atoms with Gasteiger partial charge in [0.05, 0.1) is 7.11 Å². The average Bonchev–Trinajstić information content (AvgIpc) is 2.43. The highest BCUT2D eigenvalue weighted by molar-refractivity contribution is 5.34. The molecule has 0 fully saturated rings. The van der Waals surface area contributed by atoms with Gasteiger partial charge in [-0.1, -0.05) is 0 Å². The zero-order valence-corrected chi connectivity index (χ0v) is 7.20. The van der Waals surface area contributed by atoms with Gasteiger partial charge in [-0.05, 0) is 13.0 Å². The molecule has 0 radical (unpaired) electrons. The third kappa shape index (κ3) is 1.11. The molecule has 1 unspecified atom stereocenters. The lowest BCUT2D eigenvalue weighted by atomic mass is 10.2. The van der Waals surface area contributed by atoms with Crippen molar-refractivity contribution in [3.8, 4) is 11.8 Å². The van der Waals surface area contributed by atoms with E-state index in [1.54, 1.807) is 7.11 Å². The Balaban J connectivity index is 2.35. The summed E-state index contributed by atoms with van der Waals surface area (Å²) in [5.41, 5.74) is 1.17. The molecule has 1 aromatic heterocycles. The predicted molar refractivity (Wildman–Crippen MR) is 44.6 cm³/mol. The Morgan fingerprint density at radius 3 is 3.17 bits per heavy atom. The Morgan fingerprint density at radius 1 is 1.58 bits per heavy atom. The molecule has 0 aromatic carbocycles. The van der Waals surface area contributed by atoms with Gasteiger partial charge in [-0.2, -0.15) is 4.98 Å². The molecule has 3 heteroatoms. The molecular formula is C9H11NO2. The van der Waals surface area contributed by atoms with E-state index < -0.39 is 0 Å². The molecule has 2 heterocycles. The Bertz CT molecular complexity index is 299. The molecule has 0 spiro atoms. The Labute approximate surface area is 71.3 Å². The number of fused-ring (bicyclic) bond motifs is 1. The molecule has 0 amide bonds. The molecule has 0 saturated heterocycles. The van der Waals surface area contributed by atoms with E-state index in [4.69, 9.17) is 9.47 Å². The maximum atomic E-state index is 5.46. The lowest BCUT2D eigenvalue weighted by Crippen LogP contribution is -2.05. The highest BCUT2D eigenvalue weighted by Crippen LogP contribution is 2.28. The molecule has 0 bridgehead atoms. The third-order valence-electron chi connectivity index (χ3n) is 1.94. The first-order chi connectivity index (χ1) is 5.79. The average molecular weight is 165 g/mol. The highest BCUT2D eigenvalue weighted by Gasteiger charge is 2.20. The molecule has 12 heavy (non-hydrogen) atoms. The van der Waals surface area contributed by atoms with Crippen LogP contribution in [0.25, 0.3) is 0 Å². The fourth-order valence-electron chi connectivity index (χ4n) is 1.37. The molecule has 1 aliphatic rings. The van der Waals surface area contributed by atoms with E-state index in [0.29, 0.717) is 5.88 Å². The van der Waals surface area contributed by atoms with E-state index >= 15 is 0 Å². The molecule has 2 rings (SSSR count). The summed E-state index contributed by atoms with van der Waals surface area (Å²) in [6.07, 6.45) is 1.20. The van der Waals surface area contributed by atoms with Gasteiger partial charge >= 0.3 is 0 Å². The lowest BCUT2D eigenvalue weighted by molar-refractivity contribution is 0.243. The summed E-state index contributed by atoms with van der Waals surface area (Å²) in [5.74, 6) is 1.34. The number of hydrogen-bond donors (Lipinski definition) is 0. The van der Waals surface area contributed by atoms with Gasteiger partial charge in [0.1, 0.15) is 6.10 Å². The zero-order valence-electron chi connectivity index (χ0n) is 7.20. The second-order valence-corrected chi connectivity index (χ2v) is 2.95. The van der Waals surface area contributed by atoms with Crippen LogP contribution in [-0.4, -0.2) is 18.2 Å². The van der Waals surface area contributed by atoms with Crippen LogP contribution >= 0.6 is 0 Å². The largest absolute Gasteiger partial charge is 0.481 e. The number of pyridine rings is 1. The summed E-state index contributed by atoms with van der Waals surface area (Å²) in [6, 6.07) is 3.87. The van der Waals surface area contributed by atoms with Crippen LogP contribution in [0.3, 0.4) is 0 Å². The van der Waals surface area contributed by atoms with Gasteiger partial charge in [0.2, 0.25) is 11.8 Å². The highest BCUT2D eigenvalue weighted by atomic mass is 16.5. The Morgan fingerprint density at radius 2 is 2.42 bits per heavy atom. The van der Waals surface area contributed by atoms with Crippen LogP contribution in [-0.2, 0) is 6.42 Å². The van der Waals surface area contributed by atoms with Crippen LogP contribution in [0.5, 0.6) is 11.8 Å². The SMILES string of the molecule is COc1ccc2c(n1)OC(C)C2. The van der Waals surface area contributed by atoms with Crippen molar-refractivity contribution in [1.29, 1.82) is 0 Å². The van der Waals surface area contributed by atoms with E-state index in [0.717, 1.165) is 12.3 Å². The van der Waals surface area contributed by atoms with Crippen molar-refractivity contribution in [2.45, 2.75) is 19.4 Å². The topological polar surface area (TPSA) is 31.4 Å². The molecule has 1 aliphatic heterocycles. The maximum Gasteiger partial charge on any atom is 0.220 e. The second-order valence-electron chi connectivity index (χ2n) is 2.95. The molecule has 0 aliphatic carbocycles. The van der Waals surface area contributed by atoms with Crippen molar-refractivity contribution >= 4 is 0 Å². The first-order valence-electron chi connectivity index (χ1n) is 4.00. The minimum Gasteiger partial charge on any atom is -0.481 e. The number of rotatable bonds is 1. The summed E-state index contributed by atoms with van der Waals surface area (Å²) >= 11 is 0. The van der Waals surface area contributed by atoms with E-state index in [9.17, 15) is 0 Å². The van der Waals surface area contributed by atoms with Crippen LogP contribution in [0, 0.1) is 0 Å². The summed E-state index contributed by atoms with van der Waals surface area (Å²) in [5, 5.41) is 0. The maximum absolute atomic E-state index is 5.46. The van der Waals surface area contributed by atoms with Gasteiger partial charge in [0, 0.05) is 18.1 Å². The van der Waals surface area contributed by atoms with Crippen molar-refractivity contribution in [3.63, 3.8) is 0 Å². The van der Waals surface area contributed by atoms with Crippen molar-refractivity contribution in [2.24, 2.45) is 0 Å². The van der Waals surface area contributed by atoms with Crippen LogP contribution in [0.2, 0.25) is 0 Å². The van der Waals surface area contributed by atoms with E-state index in [1.807, 2.05) is 19.1 Å². The quantitative estimate of drug-likeness (QED) is 0.630. The third-order valence-corrected chi connectivity index (χ3v) is 1.94. The number of ether oxygens (including phenoxy) is 2. The van der Waals surface area contributed by atoms with Crippen molar-refractivity contribution in [1.82, 2.24) is 4.98 Å².